The highest BCUT2D eigenvalue weighted by Gasteiger charge is 2.24. The number of nitrogens with two attached hydrogens (primary N) is 1. The number of nitrogen functional groups attached to an aromatic ring is 1. The topological polar surface area (TPSA) is 64.8 Å². The molecule has 2 aliphatic heterocycles. The van der Waals surface area contributed by atoms with Crippen molar-refractivity contribution in [2.45, 2.75) is 18.9 Å². The molecule has 0 spiro atoms. The highest BCUT2D eigenvalue weighted by atomic mass is 16.2. The van der Waals surface area contributed by atoms with Gasteiger partial charge >= 0.3 is 6.03 Å². The van der Waals surface area contributed by atoms with Crippen molar-refractivity contribution < 1.29 is 4.79 Å². The minimum absolute atomic E-state index is 0.0621. The fourth-order valence-corrected chi connectivity index (χ4v) is 4.24. The molecule has 1 saturated heterocycles. The van der Waals surface area contributed by atoms with E-state index in [2.05, 4.69) is 47.4 Å². The van der Waals surface area contributed by atoms with Gasteiger partial charge in [0.1, 0.15) is 0 Å². The molecule has 1 unspecified atom stereocenters. The molecule has 4 rings (SSSR count). The molecule has 0 aliphatic carbocycles. The van der Waals surface area contributed by atoms with E-state index in [9.17, 15) is 4.79 Å². The molecule has 158 valence electrons. The van der Waals surface area contributed by atoms with Gasteiger partial charge in [-0.1, -0.05) is 24.3 Å². The Hall–Kier alpha value is -2.99. The van der Waals surface area contributed by atoms with Crippen LogP contribution in [0.1, 0.15) is 18.4 Å². The number of hydrogen-bond acceptors (Lipinski definition) is 4. The molecule has 2 aromatic carbocycles. The second kappa shape index (κ2) is 8.79. The standard InChI is InChI=1S/C24H31N5O/c1-27(2)21-13-16-29(17-21)20-9-7-19(8-10-20)26-24(30)28-14-11-18(12-15-28)22-5-3-4-6-23(22)25/h3-11,21H,12-17,25H2,1-2H3,(H,26,30). The number of para-hydroxylation sites is 1. The molecule has 30 heavy (non-hydrogen) atoms. The van der Waals surface area contributed by atoms with Crippen LogP contribution in [-0.4, -0.2) is 62.1 Å². The minimum Gasteiger partial charge on any atom is -0.398 e. The minimum atomic E-state index is -0.0621. The number of carbonyl (C=O) groups is 1. The summed E-state index contributed by atoms with van der Waals surface area (Å²) in [7, 11) is 4.28. The SMILES string of the molecule is CN(C)C1CCN(c2ccc(NC(=O)N3CC=C(c4ccccc4N)CC3)cc2)C1. The summed E-state index contributed by atoms with van der Waals surface area (Å²) in [5, 5.41) is 3.03. The van der Waals surface area contributed by atoms with Gasteiger partial charge in [-0.15, -0.1) is 0 Å². The Labute approximate surface area is 178 Å². The summed E-state index contributed by atoms with van der Waals surface area (Å²) in [6, 6.07) is 16.6. The molecule has 3 N–H and O–H groups in total. The highest BCUT2D eigenvalue weighted by molar-refractivity contribution is 5.90. The summed E-state index contributed by atoms with van der Waals surface area (Å²) in [4.78, 5) is 19.2. The number of nitrogens with zero attached hydrogens (tertiary/aromatic N) is 3. The summed E-state index contributed by atoms with van der Waals surface area (Å²) in [6.45, 7) is 3.40. The molecule has 0 bridgehead atoms. The Kier molecular flexibility index (Phi) is 5.95. The first-order chi connectivity index (χ1) is 14.5. The number of nitrogens with one attached hydrogen (secondary N) is 1. The summed E-state index contributed by atoms with van der Waals surface area (Å²) in [5.41, 5.74) is 11.2. The molecule has 0 aromatic heterocycles. The van der Waals surface area contributed by atoms with Crippen molar-refractivity contribution in [2.24, 2.45) is 0 Å². The zero-order valence-corrected chi connectivity index (χ0v) is 17.8. The van der Waals surface area contributed by atoms with Gasteiger partial charge in [0.2, 0.25) is 0 Å². The van der Waals surface area contributed by atoms with Crippen molar-refractivity contribution in [3.05, 3.63) is 60.2 Å². The van der Waals surface area contributed by atoms with Crippen molar-refractivity contribution in [2.75, 3.05) is 56.2 Å². The van der Waals surface area contributed by atoms with Crippen LogP contribution >= 0.6 is 0 Å². The number of benzene rings is 2. The van der Waals surface area contributed by atoms with Crippen molar-refractivity contribution in [1.29, 1.82) is 0 Å². The van der Waals surface area contributed by atoms with Crippen molar-refractivity contribution >= 4 is 28.7 Å². The smallest absolute Gasteiger partial charge is 0.322 e. The van der Waals surface area contributed by atoms with Crippen molar-refractivity contribution in [3.63, 3.8) is 0 Å². The van der Waals surface area contributed by atoms with Gasteiger partial charge in [-0.05, 0) is 62.8 Å². The first-order valence-electron chi connectivity index (χ1n) is 10.6. The summed E-state index contributed by atoms with van der Waals surface area (Å²) < 4.78 is 0. The van der Waals surface area contributed by atoms with Gasteiger partial charge in [-0.3, -0.25) is 0 Å². The Bertz CT molecular complexity index is 921. The van der Waals surface area contributed by atoms with Gasteiger partial charge < -0.3 is 25.8 Å². The van der Waals surface area contributed by atoms with Gasteiger partial charge in [0.05, 0.1) is 0 Å². The summed E-state index contributed by atoms with van der Waals surface area (Å²) in [6.07, 6.45) is 4.10. The fourth-order valence-electron chi connectivity index (χ4n) is 4.24. The number of rotatable bonds is 4. The molecule has 0 radical (unpaired) electrons. The molecule has 6 heteroatoms. The zero-order chi connectivity index (χ0) is 21.1. The molecule has 2 heterocycles. The van der Waals surface area contributed by atoms with E-state index in [1.165, 1.54) is 17.7 Å². The largest absolute Gasteiger partial charge is 0.398 e. The lowest BCUT2D eigenvalue weighted by atomic mass is 9.98. The van der Waals surface area contributed by atoms with Crippen LogP contribution in [0.2, 0.25) is 0 Å². The van der Waals surface area contributed by atoms with Crippen LogP contribution in [0.25, 0.3) is 5.57 Å². The number of likely N-dealkylation sites (N-methyl/N-ethyl adjacent to an activating group) is 1. The van der Waals surface area contributed by atoms with Gasteiger partial charge in [0.25, 0.3) is 0 Å². The van der Waals surface area contributed by atoms with Crippen LogP contribution in [0.3, 0.4) is 0 Å². The molecular weight excluding hydrogens is 374 g/mol. The predicted molar refractivity (Wildman–Crippen MR) is 125 cm³/mol. The Morgan fingerprint density at radius 3 is 2.50 bits per heavy atom. The summed E-state index contributed by atoms with van der Waals surface area (Å²) >= 11 is 0. The molecule has 6 nitrogen and oxygen atoms in total. The van der Waals surface area contributed by atoms with Crippen molar-refractivity contribution in [1.82, 2.24) is 9.80 Å². The average molecular weight is 406 g/mol. The van der Waals surface area contributed by atoms with Gasteiger partial charge in [0.15, 0.2) is 0 Å². The second-order valence-electron chi connectivity index (χ2n) is 8.34. The van der Waals surface area contributed by atoms with E-state index in [-0.39, 0.29) is 6.03 Å². The van der Waals surface area contributed by atoms with E-state index in [1.54, 1.807) is 0 Å². The lowest BCUT2D eigenvalue weighted by molar-refractivity contribution is 0.217. The first-order valence-corrected chi connectivity index (χ1v) is 10.6. The van der Waals surface area contributed by atoms with E-state index in [4.69, 9.17) is 5.73 Å². The van der Waals surface area contributed by atoms with Crippen LogP contribution in [0.4, 0.5) is 21.9 Å². The van der Waals surface area contributed by atoms with Crippen LogP contribution in [0.15, 0.2) is 54.6 Å². The zero-order valence-electron chi connectivity index (χ0n) is 17.8. The van der Waals surface area contributed by atoms with E-state index in [0.29, 0.717) is 19.1 Å². The van der Waals surface area contributed by atoms with Gasteiger partial charge in [0, 0.05) is 54.8 Å². The highest BCUT2D eigenvalue weighted by Crippen LogP contribution is 2.27. The third-order valence-corrected chi connectivity index (χ3v) is 6.18. The van der Waals surface area contributed by atoms with E-state index >= 15 is 0 Å². The third-order valence-electron chi connectivity index (χ3n) is 6.18. The van der Waals surface area contributed by atoms with Crippen molar-refractivity contribution in [3.8, 4) is 0 Å². The fraction of sp³-hybridized carbons (Fsp3) is 0.375. The van der Waals surface area contributed by atoms with E-state index < -0.39 is 0 Å². The van der Waals surface area contributed by atoms with Crippen LogP contribution < -0.4 is 16.0 Å². The van der Waals surface area contributed by atoms with Crippen LogP contribution in [0.5, 0.6) is 0 Å². The van der Waals surface area contributed by atoms with E-state index in [1.807, 2.05) is 41.3 Å². The number of hydrogen-bond donors (Lipinski definition) is 2. The van der Waals surface area contributed by atoms with Gasteiger partial charge in [-0.2, -0.15) is 0 Å². The lowest BCUT2D eigenvalue weighted by Gasteiger charge is -2.27. The normalized spacial score (nSPS) is 19.2. The average Bonchev–Trinajstić information content (AvgIpc) is 3.25. The summed E-state index contributed by atoms with van der Waals surface area (Å²) in [5.74, 6) is 0. The number of anilines is 3. The molecule has 2 amide bonds. The number of urea groups is 1. The third kappa shape index (κ3) is 4.44. The first kappa shape index (κ1) is 20.3. The maximum absolute atomic E-state index is 12.7. The van der Waals surface area contributed by atoms with Gasteiger partial charge in [-0.25, -0.2) is 4.79 Å². The van der Waals surface area contributed by atoms with Crippen LogP contribution in [0, 0.1) is 0 Å². The predicted octanol–water partition coefficient (Wildman–Crippen LogP) is 3.73. The number of carbonyl (C=O) groups excluding carboxylic acids is 1. The molecular formula is C24H31N5O. The Morgan fingerprint density at radius 1 is 1.10 bits per heavy atom. The van der Waals surface area contributed by atoms with Crippen LogP contribution in [-0.2, 0) is 0 Å². The molecule has 0 saturated carbocycles. The second-order valence-corrected chi connectivity index (χ2v) is 8.34. The van der Waals surface area contributed by atoms with E-state index in [0.717, 1.165) is 36.4 Å². The molecule has 2 aromatic rings. The Balaban J connectivity index is 1.33. The number of amides is 2. The molecule has 1 fully saturated rings. The monoisotopic (exact) mass is 405 g/mol. The lowest BCUT2D eigenvalue weighted by Crippen LogP contribution is -2.37. The maximum atomic E-state index is 12.7. The quantitative estimate of drug-likeness (QED) is 0.761. The molecule has 1 atom stereocenters. The Morgan fingerprint density at radius 2 is 1.87 bits per heavy atom. The maximum Gasteiger partial charge on any atom is 0.322 e. The molecule has 2 aliphatic rings.